The largest absolute Gasteiger partial charge is 0.494 e. The lowest BCUT2D eigenvalue weighted by Gasteiger charge is -2.40. The molecule has 1 saturated heterocycles. The molecule has 6 nitrogen and oxygen atoms in total. The zero-order valence-electron chi connectivity index (χ0n) is 18.0. The maximum absolute atomic E-state index is 13.9. The summed E-state index contributed by atoms with van der Waals surface area (Å²) in [5, 5.41) is 2.97. The van der Waals surface area contributed by atoms with E-state index in [-0.39, 0.29) is 29.8 Å². The highest BCUT2D eigenvalue weighted by Crippen LogP contribution is 2.43. The maximum Gasteiger partial charge on any atom is 0.326 e. The van der Waals surface area contributed by atoms with Gasteiger partial charge in [0.05, 0.1) is 13.8 Å². The summed E-state index contributed by atoms with van der Waals surface area (Å²) in [5.41, 5.74) is 0.199. The molecule has 1 aliphatic carbocycles. The highest BCUT2D eigenvalue weighted by Gasteiger charge is 2.53. The van der Waals surface area contributed by atoms with Crippen LogP contribution in [0.1, 0.15) is 52.0 Å². The van der Waals surface area contributed by atoms with Gasteiger partial charge < -0.3 is 10.1 Å². The second kappa shape index (κ2) is 7.94. The van der Waals surface area contributed by atoms with Crippen LogP contribution in [0.15, 0.2) is 18.2 Å². The third kappa shape index (κ3) is 4.39. The Bertz CT molecular complexity index is 782. The summed E-state index contributed by atoms with van der Waals surface area (Å²) in [6.45, 7) is 7.27. The van der Waals surface area contributed by atoms with Crippen LogP contribution in [0.3, 0.4) is 0 Å². The van der Waals surface area contributed by atoms with Gasteiger partial charge in [0.1, 0.15) is 5.54 Å². The number of methoxy groups -OCH3 is 1. The van der Waals surface area contributed by atoms with Crippen LogP contribution < -0.4 is 10.1 Å². The molecule has 0 aromatic heterocycles. The molecule has 1 aromatic carbocycles. The number of ether oxygens (including phenoxy) is 1. The topological polar surface area (TPSA) is 61.9 Å². The fraction of sp³-hybridized carbons (Fsp3) is 0.636. The SMILES string of the molecule is COc1ccc(CN(C)CN2C(=O)NC3(CCC(C(C)(C)C)CC3)C2=O)cc1F. The van der Waals surface area contributed by atoms with Crippen LogP contribution in [0.4, 0.5) is 9.18 Å². The van der Waals surface area contributed by atoms with Gasteiger partial charge in [-0.2, -0.15) is 0 Å². The Labute approximate surface area is 172 Å². The van der Waals surface area contributed by atoms with Crippen LogP contribution in [-0.2, 0) is 11.3 Å². The van der Waals surface area contributed by atoms with Gasteiger partial charge in [-0.25, -0.2) is 14.1 Å². The van der Waals surface area contributed by atoms with Gasteiger partial charge in [-0.15, -0.1) is 0 Å². The van der Waals surface area contributed by atoms with E-state index in [0.717, 1.165) is 18.4 Å². The first kappa shape index (κ1) is 21.6. The lowest BCUT2D eigenvalue weighted by atomic mass is 9.67. The number of urea groups is 1. The van der Waals surface area contributed by atoms with Gasteiger partial charge in [0.15, 0.2) is 11.6 Å². The first-order chi connectivity index (χ1) is 13.6. The van der Waals surface area contributed by atoms with Crippen molar-refractivity contribution in [2.24, 2.45) is 11.3 Å². The van der Waals surface area contributed by atoms with Crippen molar-refractivity contribution >= 4 is 11.9 Å². The Kier molecular flexibility index (Phi) is 5.90. The Morgan fingerprint density at radius 1 is 1.28 bits per heavy atom. The molecule has 160 valence electrons. The van der Waals surface area contributed by atoms with Gasteiger partial charge >= 0.3 is 6.03 Å². The number of halogens is 1. The first-order valence-electron chi connectivity index (χ1n) is 10.2. The van der Waals surface area contributed by atoms with Crippen LogP contribution in [0.5, 0.6) is 5.75 Å². The number of benzene rings is 1. The van der Waals surface area contributed by atoms with E-state index in [1.165, 1.54) is 18.1 Å². The number of nitrogens with zero attached hydrogens (tertiary/aromatic N) is 2. The summed E-state index contributed by atoms with van der Waals surface area (Å²) in [5.74, 6) is 0.184. The molecule has 2 aliphatic rings. The van der Waals surface area contributed by atoms with E-state index >= 15 is 0 Å². The number of hydrogen-bond acceptors (Lipinski definition) is 4. The Hall–Kier alpha value is -2.15. The van der Waals surface area contributed by atoms with E-state index in [0.29, 0.717) is 25.3 Å². The summed E-state index contributed by atoms with van der Waals surface area (Å²) in [6.07, 6.45) is 3.24. The molecule has 1 spiro atoms. The molecule has 1 aromatic rings. The highest BCUT2D eigenvalue weighted by atomic mass is 19.1. The molecule has 1 aliphatic heterocycles. The van der Waals surface area contributed by atoms with Crippen molar-refractivity contribution in [3.05, 3.63) is 29.6 Å². The average Bonchev–Trinajstić information content (AvgIpc) is 2.85. The van der Waals surface area contributed by atoms with E-state index in [9.17, 15) is 14.0 Å². The molecule has 1 saturated carbocycles. The van der Waals surface area contributed by atoms with E-state index in [2.05, 4.69) is 26.1 Å². The monoisotopic (exact) mass is 405 g/mol. The standard InChI is InChI=1S/C22H32FN3O3/c1-21(2,3)16-8-10-22(11-9-16)19(27)26(20(28)24-22)14-25(4)13-15-6-7-18(29-5)17(23)12-15/h6-7,12,16H,8-11,13-14H2,1-5H3,(H,24,28). The first-order valence-corrected chi connectivity index (χ1v) is 10.2. The van der Waals surface area contributed by atoms with Crippen LogP contribution in [0, 0.1) is 17.2 Å². The molecular formula is C22H32FN3O3. The Balaban J connectivity index is 1.62. The highest BCUT2D eigenvalue weighted by molar-refractivity contribution is 6.07. The van der Waals surface area contributed by atoms with Gasteiger partial charge in [-0.3, -0.25) is 9.69 Å². The summed E-state index contributed by atoms with van der Waals surface area (Å²) >= 11 is 0. The molecule has 0 atom stereocenters. The van der Waals surface area contributed by atoms with Crippen LogP contribution >= 0.6 is 0 Å². The normalized spacial score (nSPS) is 25.1. The smallest absolute Gasteiger partial charge is 0.326 e. The third-order valence-electron chi connectivity index (χ3n) is 6.36. The number of carbonyl (C=O) groups is 2. The summed E-state index contributed by atoms with van der Waals surface area (Å²) in [7, 11) is 3.23. The van der Waals surface area contributed by atoms with Gasteiger partial charge in [-0.1, -0.05) is 26.8 Å². The molecule has 1 N–H and O–H groups in total. The van der Waals surface area contributed by atoms with Gasteiger partial charge in [0.2, 0.25) is 0 Å². The summed E-state index contributed by atoms with van der Waals surface area (Å²) in [6, 6.07) is 4.43. The van der Waals surface area contributed by atoms with E-state index in [4.69, 9.17) is 4.74 Å². The van der Waals surface area contributed by atoms with Gasteiger partial charge in [-0.05, 0) is 61.8 Å². The molecule has 7 heteroatoms. The lowest BCUT2D eigenvalue weighted by Crippen LogP contribution is -2.51. The van der Waals surface area contributed by atoms with Gasteiger partial charge in [0, 0.05) is 6.54 Å². The fourth-order valence-electron chi connectivity index (χ4n) is 4.53. The minimum absolute atomic E-state index is 0.136. The minimum Gasteiger partial charge on any atom is -0.494 e. The molecule has 0 radical (unpaired) electrons. The number of rotatable bonds is 5. The summed E-state index contributed by atoms with van der Waals surface area (Å²) in [4.78, 5) is 28.8. The maximum atomic E-state index is 13.9. The van der Waals surface area contributed by atoms with Crippen molar-refractivity contribution < 1.29 is 18.7 Å². The molecule has 29 heavy (non-hydrogen) atoms. The van der Waals surface area contributed by atoms with E-state index < -0.39 is 11.4 Å². The van der Waals surface area contributed by atoms with Crippen molar-refractivity contribution in [1.82, 2.24) is 15.1 Å². The second-order valence-corrected chi connectivity index (χ2v) is 9.51. The molecule has 3 amide bonds. The number of carbonyl (C=O) groups excluding carboxylic acids is 2. The number of hydrogen-bond donors (Lipinski definition) is 1. The van der Waals surface area contributed by atoms with Crippen molar-refractivity contribution in [2.45, 2.75) is 58.5 Å². The van der Waals surface area contributed by atoms with Crippen molar-refractivity contribution in [3.63, 3.8) is 0 Å². The van der Waals surface area contributed by atoms with Crippen LogP contribution in [0.25, 0.3) is 0 Å². The van der Waals surface area contributed by atoms with Gasteiger partial charge in [0.25, 0.3) is 5.91 Å². The lowest BCUT2D eigenvalue weighted by molar-refractivity contribution is -0.134. The van der Waals surface area contributed by atoms with Crippen LogP contribution in [0.2, 0.25) is 0 Å². The molecule has 0 unspecified atom stereocenters. The molecular weight excluding hydrogens is 373 g/mol. The zero-order chi connectivity index (χ0) is 21.4. The number of imide groups is 1. The molecule has 3 rings (SSSR count). The number of amides is 3. The Morgan fingerprint density at radius 3 is 2.48 bits per heavy atom. The van der Waals surface area contributed by atoms with Crippen molar-refractivity contribution in [2.75, 3.05) is 20.8 Å². The van der Waals surface area contributed by atoms with Crippen LogP contribution in [-0.4, -0.2) is 48.1 Å². The summed E-state index contributed by atoms with van der Waals surface area (Å²) < 4.78 is 18.9. The van der Waals surface area contributed by atoms with Crippen molar-refractivity contribution in [3.8, 4) is 5.75 Å². The van der Waals surface area contributed by atoms with Crippen molar-refractivity contribution in [1.29, 1.82) is 0 Å². The quantitative estimate of drug-likeness (QED) is 0.758. The second-order valence-electron chi connectivity index (χ2n) is 9.51. The molecule has 2 fully saturated rings. The predicted molar refractivity (Wildman–Crippen MR) is 109 cm³/mol. The Morgan fingerprint density at radius 2 is 1.93 bits per heavy atom. The van der Waals surface area contributed by atoms with E-state index in [1.54, 1.807) is 12.1 Å². The predicted octanol–water partition coefficient (Wildman–Crippen LogP) is 3.75. The molecule has 0 bridgehead atoms. The third-order valence-corrected chi connectivity index (χ3v) is 6.36. The number of nitrogens with one attached hydrogen (secondary N) is 1. The zero-order valence-corrected chi connectivity index (χ0v) is 18.0. The average molecular weight is 406 g/mol. The molecule has 1 heterocycles. The fourth-order valence-corrected chi connectivity index (χ4v) is 4.53. The van der Waals surface area contributed by atoms with E-state index in [1.807, 2.05) is 11.9 Å². The minimum atomic E-state index is -0.758.